The normalized spacial score (nSPS) is 14.1. The van der Waals surface area contributed by atoms with Gasteiger partial charge in [0.15, 0.2) is 0 Å². The number of hydrogen-bond donors (Lipinski definition) is 1. The van der Waals surface area contributed by atoms with Gasteiger partial charge in [-0.15, -0.1) is 0 Å². The van der Waals surface area contributed by atoms with Crippen LogP contribution in [0, 0.1) is 12.3 Å². The molecule has 0 fully saturated rings. The third-order valence-corrected chi connectivity index (χ3v) is 2.84. The van der Waals surface area contributed by atoms with Crippen LogP contribution in [-0.4, -0.2) is 21.2 Å². The van der Waals surface area contributed by atoms with Crippen LogP contribution in [0.25, 0.3) is 0 Å². The lowest BCUT2D eigenvalue weighted by molar-refractivity contribution is 0.0627. The fourth-order valence-corrected chi connectivity index (χ4v) is 1.53. The summed E-state index contributed by atoms with van der Waals surface area (Å²) in [7, 11) is 0. The van der Waals surface area contributed by atoms with Crippen LogP contribution in [0.15, 0.2) is 6.07 Å². The molecule has 0 aliphatic rings. The monoisotopic (exact) mass is 236 g/mol. The highest BCUT2D eigenvalue weighted by atomic mass is 16.3. The third-order valence-electron chi connectivity index (χ3n) is 2.84. The maximum Gasteiger partial charge on any atom is 0.131 e. The number of aliphatic hydroxyl groups is 1. The average Bonchev–Trinajstić information content (AvgIpc) is 2.14. The number of aryl methyl sites for hydroxylation is 1. The molecule has 0 radical (unpaired) electrons. The Kier molecular flexibility index (Phi) is 4.26. The Morgan fingerprint density at radius 3 is 2.29 bits per heavy atom. The molecule has 17 heavy (non-hydrogen) atoms. The Morgan fingerprint density at radius 1 is 1.24 bits per heavy atom. The second-order valence-electron chi connectivity index (χ2n) is 6.10. The van der Waals surface area contributed by atoms with E-state index in [2.05, 4.69) is 23.8 Å². The summed E-state index contributed by atoms with van der Waals surface area (Å²) in [5.41, 5.74) is 1.79. The van der Waals surface area contributed by atoms with Gasteiger partial charge in [0, 0.05) is 23.7 Å². The fourth-order valence-electron chi connectivity index (χ4n) is 1.53. The quantitative estimate of drug-likeness (QED) is 0.877. The first kappa shape index (κ1) is 14.1. The molecule has 0 saturated heterocycles. The minimum atomic E-state index is -0.378. The van der Waals surface area contributed by atoms with Gasteiger partial charge >= 0.3 is 0 Å². The van der Waals surface area contributed by atoms with E-state index in [9.17, 15) is 5.11 Å². The Morgan fingerprint density at radius 2 is 1.82 bits per heavy atom. The van der Waals surface area contributed by atoms with Crippen LogP contribution in [0.5, 0.6) is 0 Å². The minimum absolute atomic E-state index is 0.114. The van der Waals surface area contributed by atoms with E-state index in [4.69, 9.17) is 0 Å². The summed E-state index contributed by atoms with van der Waals surface area (Å²) in [4.78, 5) is 8.93. The molecule has 1 N–H and O–H groups in total. The summed E-state index contributed by atoms with van der Waals surface area (Å²) >= 11 is 0. The van der Waals surface area contributed by atoms with Crippen LogP contribution in [0.2, 0.25) is 0 Å². The van der Waals surface area contributed by atoms with Gasteiger partial charge in [0.2, 0.25) is 0 Å². The Bertz CT molecular complexity index is 380. The summed E-state index contributed by atoms with van der Waals surface area (Å²) in [5.74, 6) is 1.18. The van der Waals surface area contributed by atoms with E-state index in [1.54, 1.807) is 0 Å². The van der Waals surface area contributed by atoms with Crippen LogP contribution in [0.1, 0.15) is 57.7 Å². The van der Waals surface area contributed by atoms with Gasteiger partial charge in [-0.05, 0) is 18.4 Å². The number of nitrogens with zero attached hydrogens (tertiary/aromatic N) is 2. The molecule has 0 aliphatic carbocycles. The maximum absolute atomic E-state index is 10.1. The van der Waals surface area contributed by atoms with Gasteiger partial charge in [-0.1, -0.05) is 34.6 Å². The second-order valence-corrected chi connectivity index (χ2v) is 6.10. The predicted octanol–water partition coefficient (Wildman–Crippen LogP) is 2.86. The zero-order chi connectivity index (χ0) is 13.2. The molecule has 0 saturated carbocycles. The average molecular weight is 236 g/mol. The topological polar surface area (TPSA) is 46.0 Å². The molecule has 3 nitrogen and oxygen atoms in total. The van der Waals surface area contributed by atoms with Crippen molar-refractivity contribution in [3.8, 4) is 0 Å². The fraction of sp³-hybridized carbons (Fsp3) is 0.714. The lowest BCUT2D eigenvalue weighted by Gasteiger charge is -2.25. The van der Waals surface area contributed by atoms with Crippen molar-refractivity contribution in [1.82, 2.24) is 9.97 Å². The first-order valence-electron chi connectivity index (χ1n) is 6.22. The Balaban J connectivity index is 2.92. The molecule has 0 aromatic carbocycles. The molecule has 1 rings (SSSR count). The molecule has 1 atom stereocenters. The highest BCUT2D eigenvalue weighted by molar-refractivity contribution is 5.13. The molecule has 1 heterocycles. The molecule has 0 bridgehead atoms. The van der Waals surface area contributed by atoms with E-state index in [0.717, 1.165) is 17.2 Å². The van der Waals surface area contributed by atoms with Crippen molar-refractivity contribution < 1.29 is 5.11 Å². The lowest BCUT2D eigenvalue weighted by Crippen LogP contribution is -2.28. The van der Waals surface area contributed by atoms with Crippen molar-refractivity contribution in [2.24, 2.45) is 5.41 Å². The Labute approximate surface area is 104 Å². The van der Waals surface area contributed by atoms with E-state index in [-0.39, 0.29) is 11.5 Å². The van der Waals surface area contributed by atoms with Crippen molar-refractivity contribution in [2.45, 2.75) is 60.0 Å². The minimum Gasteiger partial charge on any atom is -0.392 e. The summed E-state index contributed by atoms with van der Waals surface area (Å²) < 4.78 is 0. The van der Waals surface area contributed by atoms with E-state index >= 15 is 0 Å². The molecule has 1 aromatic rings. The van der Waals surface area contributed by atoms with Crippen molar-refractivity contribution in [2.75, 3.05) is 0 Å². The largest absolute Gasteiger partial charge is 0.392 e. The smallest absolute Gasteiger partial charge is 0.131 e. The third kappa shape index (κ3) is 4.08. The van der Waals surface area contributed by atoms with Gasteiger partial charge in [0.25, 0.3) is 0 Å². The first-order valence-corrected chi connectivity index (χ1v) is 6.22. The maximum atomic E-state index is 10.1. The number of rotatable bonds is 3. The zero-order valence-corrected chi connectivity index (χ0v) is 11.8. The van der Waals surface area contributed by atoms with Crippen molar-refractivity contribution in [3.63, 3.8) is 0 Å². The molecular weight excluding hydrogens is 212 g/mol. The van der Waals surface area contributed by atoms with Gasteiger partial charge in [0.1, 0.15) is 5.82 Å². The van der Waals surface area contributed by atoms with E-state index in [1.165, 1.54) is 0 Å². The molecule has 3 heteroatoms. The predicted molar refractivity (Wildman–Crippen MR) is 70.0 cm³/mol. The van der Waals surface area contributed by atoms with E-state index in [0.29, 0.717) is 12.3 Å². The highest BCUT2D eigenvalue weighted by Gasteiger charge is 2.23. The molecule has 1 unspecified atom stereocenters. The van der Waals surface area contributed by atoms with E-state index < -0.39 is 0 Å². The van der Waals surface area contributed by atoms with Gasteiger partial charge < -0.3 is 5.11 Å². The number of aromatic nitrogens is 2. The zero-order valence-electron chi connectivity index (χ0n) is 11.8. The molecule has 0 spiro atoms. The SMILES string of the molecule is Cc1cc(CC(O)C(C)(C)C)nc(C(C)C)n1. The van der Waals surface area contributed by atoms with Gasteiger partial charge in [-0.2, -0.15) is 0 Å². The molecular formula is C14H24N2O. The highest BCUT2D eigenvalue weighted by Crippen LogP contribution is 2.22. The van der Waals surface area contributed by atoms with Crippen LogP contribution in [0.4, 0.5) is 0 Å². The van der Waals surface area contributed by atoms with Gasteiger partial charge in [-0.3, -0.25) is 0 Å². The summed E-state index contributed by atoms with van der Waals surface area (Å²) in [6, 6.07) is 1.96. The first-order chi connectivity index (χ1) is 7.70. The number of hydrogen-bond acceptors (Lipinski definition) is 3. The van der Waals surface area contributed by atoms with E-state index in [1.807, 2.05) is 33.8 Å². The second kappa shape index (κ2) is 5.13. The van der Waals surface area contributed by atoms with Crippen LogP contribution >= 0.6 is 0 Å². The molecule has 0 amide bonds. The molecule has 0 aliphatic heterocycles. The number of aliphatic hydroxyl groups excluding tert-OH is 1. The van der Waals surface area contributed by atoms with Gasteiger partial charge in [0.05, 0.1) is 6.10 Å². The summed E-state index contributed by atoms with van der Waals surface area (Å²) in [6.45, 7) is 12.2. The van der Waals surface area contributed by atoms with Crippen LogP contribution in [-0.2, 0) is 6.42 Å². The standard InChI is InChI=1S/C14H24N2O/c1-9(2)13-15-10(3)7-11(16-13)8-12(17)14(4,5)6/h7,9,12,17H,8H2,1-6H3. The summed E-state index contributed by atoms with van der Waals surface area (Å²) in [5, 5.41) is 10.1. The Hall–Kier alpha value is -0.960. The lowest BCUT2D eigenvalue weighted by atomic mass is 9.86. The summed E-state index contributed by atoms with van der Waals surface area (Å²) in [6.07, 6.45) is 0.212. The van der Waals surface area contributed by atoms with Gasteiger partial charge in [-0.25, -0.2) is 9.97 Å². The van der Waals surface area contributed by atoms with Crippen molar-refractivity contribution >= 4 is 0 Å². The molecule has 1 aromatic heterocycles. The van der Waals surface area contributed by atoms with Crippen molar-refractivity contribution in [3.05, 3.63) is 23.3 Å². The van der Waals surface area contributed by atoms with Crippen LogP contribution in [0.3, 0.4) is 0 Å². The molecule has 96 valence electrons. The van der Waals surface area contributed by atoms with Crippen LogP contribution < -0.4 is 0 Å². The van der Waals surface area contributed by atoms with Crippen molar-refractivity contribution in [1.29, 1.82) is 0 Å².